The number of nitrogens with one attached hydrogen (secondary N) is 1. The van der Waals surface area contributed by atoms with Crippen molar-refractivity contribution in [2.45, 2.75) is 32.2 Å². The van der Waals surface area contributed by atoms with Crippen LogP contribution in [0, 0.1) is 0 Å². The Labute approximate surface area is 194 Å². The van der Waals surface area contributed by atoms with Gasteiger partial charge in [0.15, 0.2) is 0 Å². The van der Waals surface area contributed by atoms with Crippen LogP contribution in [0.2, 0.25) is 0 Å². The second-order valence-corrected chi connectivity index (χ2v) is 8.64. The normalized spacial score (nSPS) is 12.8. The van der Waals surface area contributed by atoms with Crippen molar-refractivity contribution in [3.8, 4) is 0 Å². The highest BCUT2D eigenvalue weighted by Gasteiger charge is 2.34. The van der Waals surface area contributed by atoms with E-state index in [1.54, 1.807) is 35.1 Å². The summed E-state index contributed by atoms with van der Waals surface area (Å²) in [5.41, 5.74) is 2.72. The fourth-order valence-electron chi connectivity index (χ4n) is 3.69. The third kappa shape index (κ3) is 5.13. The van der Waals surface area contributed by atoms with Crippen LogP contribution in [0.3, 0.4) is 0 Å². The molecule has 2 heterocycles. The Morgan fingerprint density at radius 2 is 1.62 bits per heavy atom. The largest absolute Gasteiger partial charge is 0.323 e. The highest BCUT2D eigenvalue weighted by Crippen LogP contribution is 2.23. The molecular formula is C24H23BrN4O3. The monoisotopic (exact) mass is 494 g/mol. The fraction of sp³-hybridized carbons (Fsp3) is 0.250. The van der Waals surface area contributed by atoms with Crippen molar-refractivity contribution in [2.75, 3.05) is 11.9 Å². The molecule has 0 fully saturated rings. The highest BCUT2D eigenvalue weighted by molar-refractivity contribution is 9.10. The molecule has 1 aliphatic rings. The number of rotatable bonds is 9. The average Bonchev–Trinajstić information content (AvgIpc) is 3.32. The van der Waals surface area contributed by atoms with Crippen LogP contribution in [0.5, 0.6) is 0 Å². The first-order valence-corrected chi connectivity index (χ1v) is 11.3. The van der Waals surface area contributed by atoms with Gasteiger partial charge < -0.3 is 5.32 Å². The lowest BCUT2D eigenvalue weighted by Gasteiger charge is -2.13. The minimum Gasteiger partial charge on any atom is -0.323 e. The summed E-state index contributed by atoms with van der Waals surface area (Å²) in [7, 11) is 0. The van der Waals surface area contributed by atoms with Crippen molar-refractivity contribution in [1.82, 2.24) is 14.7 Å². The van der Waals surface area contributed by atoms with Gasteiger partial charge in [-0.2, -0.15) is 5.10 Å². The maximum absolute atomic E-state index is 12.3. The third-order valence-corrected chi connectivity index (χ3v) is 5.87. The van der Waals surface area contributed by atoms with E-state index in [-0.39, 0.29) is 17.7 Å². The number of carbonyl (C=O) groups is 3. The number of fused-ring (bicyclic) bond motifs is 1. The van der Waals surface area contributed by atoms with Gasteiger partial charge in [0.1, 0.15) is 0 Å². The summed E-state index contributed by atoms with van der Waals surface area (Å²) < 4.78 is 2.80. The van der Waals surface area contributed by atoms with Crippen molar-refractivity contribution in [2.24, 2.45) is 0 Å². The Bertz CT molecular complexity index is 1110. The lowest BCUT2D eigenvalue weighted by Crippen LogP contribution is -2.30. The third-order valence-electron chi connectivity index (χ3n) is 5.34. The maximum Gasteiger partial charge on any atom is 0.261 e. The topological polar surface area (TPSA) is 84.3 Å². The van der Waals surface area contributed by atoms with E-state index >= 15 is 0 Å². The Kier molecular flexibility index (Phi) is 6.80. The molecule has 8 heteroatoms. The lowest BCUT2D eigenvalue weighted by molar-refractivity contribution is -0.116. The molecular weight excluding hydrogens is 472 g/mol. The van der Waals surface area contributed by atoms with E-state index in [1.165, 1.54) is 4.90 Å². The van der Waals surface area contributed by atoms with E-state index in [2.05, 4.69) is 26.3 Å². The summed E-state index contributed by atoms with van der Waals surface area (Å²) in [5.74, 6) is -0.541. The zero-order valence-corrected chi connectivity index (χ0v) is 19.0. The number of halogens is 1. The minimum absolute atomic E-state index is 0.0751. The van der Waals surface area contributed by atoms with E-state index in [0.29, 0.717) is 49.2 Å². The molecule has 0 saturated carbocycles. The van der Waals surface area contributed by atoms with Gasteiger partial charge in [-0.15, -0.1) is 0 Å². The number of benzene rings is 2. The van der Waals surface area contributed by atoms with Gasteiger partial charge in [0.2, 0.25) is 5.91 Å². The summed E-state index contributed by atoms with van der Waals surface area (Å²) in [6, 6.07) is 14.9. The van der Waals surface area contributed by atoms with Crippen molar-refractivity contribution in [1.29, 1.82) is 0 Å². The number of nitrogens with zero attached hydrogens (tertiary/aromatic N) is 3. The number of carbonyl (C=O) groups excluding carboxylic acids is 3. The summed E-state index contributed by atoms with van der Waals surface area (Å²) in [6.07, 6.45) is 5.93. The standard InChI is InChI=1S/C24H23BrN4O3/c25-18-11-9-17(10-12-18)15-28-16-19(14-26-28)27-22(30)8-2-1-5-13-29-23(31)20-6-3-4-7-21(20)24(29)32/h3-4,6-7,9-12,14,16H,1-2,5,8,13,15H2,(H,27,30). The van der Waals surface area contributed by atoms with Crippen LogP contribution in [0.4, 0.5) is 5.69 Å². The number of anilines is 1. The van der Waals surface area contributed by atoms with E-state index < -0.39 is 0 Å². The molecule has 0 spiro atoms. The van der Waals surface area contributed by atoms with Crippen molar-refractivity contribution in [3.05, 3.63) is 82.1 Å². The van der Waals surface area contributed by atoms with Gasteiger partial charge in [-0.3, -0.25) is 24.0 Å². The molecule has 32 heavy (non-hydrogen) atoms. The van der Waals surface area contributed by atoms with Crippen LogP contribution in [-0.4, -0.2) is 38.9 Å². The van der Waals surface area contributed by atoms with E-state index in [4.69, 9.17) is 0 Å². The first-order chi connectivity index (χ1) is 15.5. The van der Waals surface area contributed by atoms with Crippen LogP contribution in [0.1, 0.15) is 52.0 Å². The smallest absolute Gasteiger partial charge is 0.261 e. The van der Waals surface area contributed by atoms with Gasteiger partial charge in [0.05, 0.1) is 29.6 Å². The van der Waals surface area contributed by atoms with Gasteiger partial charge in [-0.05, 0) is 42.7 Å². The Morgan fingerprint density at radius 3 is 2.31 bits per heavy atom. The summed E-state index contributed by atoms with van der Waals surface area (Å²) in [4.78, 5) is 38.2. The van der Waals surface area contributed by atoms with Crippen LogP contribution >= 0.6 is 15.9 Å². The van der Waals surface area contributed by atoms with Crippen LogP contribution < -0.4 is 5.32 Å². The lowest BCUT2D eigenvalue weighted by atomic mass is 10.1. The SMILES string of the molecule is O=C(CCCCCN1C(=O)c2ccccc2C1=O)Nc1cnn(Cc2ccc(Br)cc2)c1. The number of amides is 3. The summed E-state index contributed by atoms with van der Waals surface area (Å²) >= 11 is 3.42. The first-order valence-electron chi connectivity index (χ1n) is 10.5. The molecule has 164 valence electrons. The molecule has 4 rings (SSSR count). The zero-order chi connectivity index (χ0) is 22.5. The molecule has 2 aromatic carbocycles. The van der Waals surface area contributed by atoms with Crippen LogP contribution in [0.25, 0.3) is 0 Å². The summed E-state index contributed by atoms with van der Waals surface area (Å²) in [6.45, 7) is 0.998. The number of hydrogen-bond acceptors (Lipinski definition) is 4. The molecule has 0 radical (unpaired) electrons. The van der Waals surface area contributed by atoms with Gasteiger partial charge in [0.25, 0.3) is 11.8 Å². The van der Waals surface area contributed by atoms with E-state index in [0.717, 1.165) is 16.5 Å². The number of imide groups is 1. The second-order valence-electron chi connectivity index (χ2n) is 7.72. The van der Waals surface area contributed by atoms with Gasteiger partial charge in [-0.25, -0.2) is 0 Å². The number of unbranched alkanes of at least 4 members (excludes halogenated alkanes) is 2. The first kappa shape index (κ1) is 22.0. The van der Waals surface area contributed by atoms with E-state index in [1.807, 2.05) is 30.5 Å². The predicted octanol–water partition coefficient (Wildman–Crippen LogP) is 4.49. The zero-order valence-electron chi connectivity index (χ0n) is 17.5. The van der Waals surface area contributed by atoms with Crippen molar-refractivity contribution < 1.29 is 14.4 Å². The number of aromatic nitrogens is 2. The van der Waals surface area contributed by atoms with Crippen molar-refractivity contribution in [3.63, 3.8) is 0 Å². The molecule has 1 N–H and O–H groups in total. The number of hydrogen-bond donors (Lipinski definition) is 1. The van der Waals surface area contributed by atoms with Gasteiger partial charge in [0, 0.05) is 23.6 Å². The Hall–Kier alpha value is -3.26. The quantitative estimate of drug-likeness (QED) is 0.350. The fourth-order valence-corrected chi connectivity index (χ4v) is 3.95. The molecule has 0 aliphatic carbocycles. The Morgan fingerprint density at radius 1 is 0.938 bits per heavy atom. The molecule has 0 atom stereocenters. The minimum atomic E-state index is -0.233. The molecule has 0 bridgehead atoms. The average molecular weight is 495 g/mol. The second kappa shape index (κ2) is 9.91. The van der Waals surface area contributed by atoms with E-state index in [9.17, 15) is 14.4 Å². The molecule has 1 aromatic heterocycles. The molecule has 3 aromatic rings. The molecule has 7 nitrogen and oxygen atoms in total. The summed E-state index contributed by atoms with van der Waals surface area (Å²) in [5, 5.41) is 7.16. The highest BCUT2D eigenvalue weighted by atomic mass is 79.9. The van der Waals surface area contributed by atoms with Gasteiger partial charge >= 0.3 is 0 Å². The molecule has 0 unspecified atom stereocenters. The predicted molar refractivity (Wildman–Crippen MR) is 124 cm³/mol. The van der Waals surface area contributed by atoms with Crippen LogP contribution in [-0.2, 0) is 11.3 Å². The Balaban J connectivity index is 1.16. The van der Waals surface area contributed by atoms with Crippen molar-refractivity contribution >= 4 is 39.3 Å². The molecule has 3 amide bonds. The molecule has 1 aliphatic heterocycles. The van der Waals surface area contributed by atoms with Gasteiger partial charge in [-0.1, -0.05) is 46.6 Å². The van der Waals surface area contributed by atoms with Crippen LogP contribution in [0.15, 0.2) is 65.4 Å². The maximum atomic E-state index is 12.3. The molecule has 0 saturated heterocycles.